The van der Waals surface area contributed by atoms with Crippen LogP contribution >= 0.6 is 0 Å². The molecule has 4 rings (SSSR count). The first-order chi connectivity index (χ1) is 17.4. The number of hydrogen-bond donors (Lipinski definition) is 3. The topological polar surface area (TPSA) is 109 Å². The average Bonchev–Trinajstić information content (AvgIpc) is 2.86. The summed E-state index contributed by atoms with van der Waals surface area (Å²) in [7, 11) is 1.73. The highest BCUT2D eigenvalue weighted by atomic mass is 19.1. The number of carbonyl (C=O) groups excluding carboxylic acids is 3. The van der Waals surface area contributed by atoms with Gasteiger partial charge in [0, 0.05) is 31.4 Å². The third kappa shape index (κ3) is 5.93. The van der Waals surface area contributed by atoms with Crippen molar-refractivity contribution >= 4 is 23.5 Å². The molecular weight excluding hydrogens is 467 g/mol. The van der Waals surface area contributed by atoms with Gasteiger partial charge in [0.05, 0.1) is 24.1 Å². The Kier molecular flexibility index (Phi) is 8.04. The van der Waals surface area contributed by atoms with E-state index in [1.54, 1.807) is 48.3 Å². The zero-order valence-electron chi connectivity index (χ0n) is 20.4. The summed E-state index contributed by atoms with van der Waals surface area (Å²) in [6, 6.07) is 10.7. The Morgan fingerprint density at radius 1 is 1.14 bits per heavy atom. The lowest BCUT2D eigenvalue weighted by Gasteiger charge is -2.42. The second-order valence-corrected chi connectivity index (χ2v) is 8.94. The first kappa shape index (κ1) is 25.4. The minimum Gasteiger partial charge on any atom is -0.490 e. The number of urea groups is 1. The number of hydrogen-bond acceptors (Lipinski definition) is 5. The standard InChI is InChI=1S/C26H31FN4O5/c1-3-28-26(34)30-17-8-11-22-19(12-17)25(33)31(2)21-10-9-18(36-23(21)15-35-22)13-24(32)29-14-16-6-4-5-7-20(16)27/h4-8,11-12,18,21,23H,3,9-10,13-15H2,1-2H3,(H,29,32)(H2,28,30,34)/t18-,21+,23+/m1/s1. The third-order valence-electron chi connectivity index (χ3n) is 6.45. The first-order valence-corrected chi connectivity index (χ1v) is 12.1. The normalized spacial score (nSPS) is 21.2. The number of nitrogens with zero attached hydrogens (tertiary/aromatic N) is 1. The molecule has 9 nitrogen and oxygen atoms in total. The average molecular weight is 499 g/mol. The summed E-state index contributed by atoms with van der Waals surface area (Å²) in [4.78, 5) is 39.3. The summed E-state index contributed by atoms with van der Waals surface area (Å²) >= 11 is 0. The number of likely N-dealkylation sites (N-methyl/N-ethyl adjacent to an activating group) is 1. The maximum atomic E-state index is 13.8. The van der Waals surface area contributed by atoms with Gasteiger partial charge >= 0.3 is 6.03 Å². The summed E-state index contributed by atoms with van der Waals surface area (Å²) in [6.45, 7) is 2.63. The van der Waals surface area contributed by atoms with E-state index in [0.29, 0.717) is 42.0 Å². The number of amides is 4. The Hall–Kier alpha value is -3.66. The smallest absolute Gasteiger partial charge is 0.319 e. The predicted octanol–water partition coefficient (Wildman–Crippen LogP) is 3.05. The fourth-order valence-electron chi connectivity index (χ4n) is 4.56. The molecule has 0 spiro atoms. The van der Waals surface area contributed by atoms with Crippen LogP contribution in [0, 0.1) is 5.82 Å². The maximum absolute atomic E-state index is 13.8. The van der Waals surface area contributed by atoms with Crippen molar-refractivity contribution in [2.75, 3.05) is 25.5 Å². The number of fused-ring (bicyclic) bond motifs is 2. The van der Waals surface area contributed by atoms with Crippen molar-refractivity contribution < 1.29 is 28.2 Å². The van der Waals surface area contributed by atoms with Crippen LogP contribution in [0.4, 0.5) is 14.9 Å². The van der Waals surface area contributed by atoms with E-state index >= 15 is 0 Å². The van der Waals surface area contributed by atoms with Crippen molar-refractivity contribution in [1.29, 1.82) is 0 Å². The van der Waals surface area contributed by atoms with Gasteiger partial charge in [-0.25, -0.2) is 9.18 Å². The number of halogens is 1. The van der Waals surface area contributed by atoms with E-state index in [1.165, 1.54) is 6.07 Å². The van der Waals surface area contributed by atoms with Crippen LogP contribution in [0.2, 0.25) is 0 Å². The number of rotatable bonds is 6. The van der Waals surface area contributed by atoms with Crippen LogP contribution in [0.5, 0.6) is 5.75 Å². The van der Waals surface area contributed by atoms with Crippen LogP contribution in [-0.4, -0.2) is 61.2 Å². The van der Waals surface area contributed by atoms with Gasteiger partial charge in [-0.3, -0.25) is 9.59 Å². The Bertz CT molecular complexity index is 1130. The molecule has 192 valence electrons. The van der Waals surface area contributed by atoms with Crippen LogP contribution in [0.25, 0.3) is 0 Å². The van der Waals surface area contributed by atoms with Crippen LogP contribution in [0.1, 0.15) is 42.1 Å². The van der Waals surface area contributed by atoms with Crippen molar-refractivity contribution in [3.05, 3.63) is 59.4 Å². The number of nitrogens with one attached hydrogen (secondary N) is 3. The SMILES string of the molecule is CCNC(=O)Nc1ccc2c(c1)C(=O)N(C)[C@H]1CC[C@H](CC(=O)NCc3ccccc3F)O[C@H]1CO2. The molecule has 36 heavy (non-hydrogen) atoms. The zero-order valence-corrected chi connectivity index (χ0v) is 20.4. The van der Waals surface area contributed by atoms with Gasteiger partial charge in [-0.15, -0.1) is 0 Å². The lowest BCUT2D eigenvalue weighted by molar-refractivity contribution is -0.134. The maximum Gasteiger partial charge on any atom is 0.319 e. The summed E-state index contributed by atoms with van der Waals surface area (Å²) < 4.78 is 25.9. The quantitative estimate of drug-likeness (QED) is 0.567. The first-order valence-electron chi connectivity index (χ1n) is 12.1. The van der Waals surface area contributed by atoms with Gasteiger partial charge in [0.15, 0.2) is 0 Å². The van der Waals surface area contributed by atoms with E-state index in [4.69, 9.17) is 9.47 Å². The Balaban J connectivity index is 1.38. The third-order valence-corrected chi connectivity index (χ3v) is 6.45. The molecule has 3 N–H and O–H groups in total. The van der Waals surface area contributed by atoms with Gasteiger partial charge < -0.3 is 30.3 Å². The fraction of sp³-hybridized carbons (Fsp3) is 0.423. The molecule has 3 atom stereocenters. The van der Waals surface area contributed by atoms with Crippen LogP contribution < -0.4 is 20.7 Å². The zero-order chi connectivity index (χ0) is 25.7. The van der Waals surface area contributed by atoms with Gasteiger partial charge in [0.25, 0.3) is 5.91 Å². The van der Waals surface area contributed by atoms with E-state index < -0.39 is 6.10 Å². The van der Waals surface area contributed by atoms with Gasteiger partial charge in [-0.05, 0) is 44.0 Å². The molecule has 2 heterocycles. The number of carbonyl (C=O) groups is 3. The molecule has 1 saturated heterocycles. The van der Waals surface area contributed by atoms with Gasteiger partial charge in [0.1, 0.15) is 24.3 Å². The van der Waals surface area contributed by atoms with Crippen molar-refractivity contribution in [2.24, 2.45) is 0 Å². The molecule has 0 saturated carbocycles. The Labute approximate surface area is 209 Å². The number of ether oxygens (including phenoxy) is 2. The lowest BCUT2D eigenvalue weighted by Crippen LogP contribution is -2.53. The Morgan fingerprint density at radius 3 is 2.72 bits per heavy atom. The van der Waals surface area contributed by atoms with E-state index in [-0.39, 0.29) is 55.4 Å². The Morgan fingerprint density at radius 2 is 1.94 bits per heavy atom. The molecule has 4 amide bonds. The van der Waals surface area contributed by atoms with E-state index in [2.05, 4.69) is 16.0 Å². The largest absolute Gasteiger partial charge is 0.490 e. The van der Waals surface area contributed by atoms with Gasteiger partial charge in [0.2, 0.25) is 5.91 Å². The van der Waals surface area contributed by atoms with Crippen LogP contribution in [0.15, 0.2) is 42.5 Å². The molecule has 2 aromatic rings. The molecule has 0 aromatic heterocycles. The van der Waals surface area contributed by atoms with E-state index in [9.17, 15) is 18.8 Å². The van der Waals surface area contributed by atoms with E-state index in [1.807, 2.05) is 6.92 Å². The molecule has 2 aromatic carbocycles. The van der Waals surface area contributed by atoms with Gasteiger partial charge in [-0.1, -0.05) is 18.2 Å². The second-order valence-electron chi connectivity index (χ2n) is 8.94. The highest BCUT2D eigenvalue weighted by Crippen LogP contribution is 2.32. The highest BCUT2D eigenvalue weighted by molar-refractivity contribution is 5.99. The fourth-order valence-corrected chi connectivity index (χ4v) is 4.56. The molecule has 0 unspecified atom stereocenters. The molecule has 1 fully saturated rings. The summed E-state index contributed by atoms with van der Waals surface area (Å²) in [5.41, 5.74) is 1.27. The van der Waals surface area contributed by atoms with Gasteiger partial charge in [-0.2, -0.15) is 0 Å². The van der Waals surface area contributed by atoms with Crippen molar-refractivity contribution in [1.82, 2.24) is 15.5 Å². The van der Waals surface area contributed by atoms with Crippen LogP contribution in [-0.2, 0) is 16.1 Å². The minimum atomic E-state index is -0.404. The lowest BCUT2D eigenvalue weighted by atomic mass is 9.94. The summed E-state index contributed by atoms with van der Waals surface area (Å²) in [5.74, 6) is -0.416. The second kappa shape index (κ2) is 11.4. The van der Waals surface area contributed by atoms with Crippen LogP contribution in [0.3, 0.4) is 0 Å². The predicted molar refractivity (Wildman–Crippen MR) is 131 cm³/mol. The molecule has 0 aliphatic carbocycles. The number of anilines is 1. The minimum absolute atomic E-state index is 0.109. The number of benzene rings is 2. The summed E-state index contributed by atoms with van der Waals surface area (Å²) in [5, 5.41) is 8.11. The van der Waals surface area contributed by atoms with E-state index in [0.717, 1.165) is 0 Å². The molecule has 0 bridgehead atoms. The summed E-state index contributed by atoms with van der Waals surface area (Å²) in [6.07, 6.45) is 0.645. The molecule has 10 heteroatoms. The van der Waals surface area contributed by atoms with Crippen molar-refractivity contribution in [3.8, 4) is 5.75 Å². The van der Waals surface area contributed by atoms with Crippen molar-refractivity contribution in [2.45, 2.75) is 51.0 Å². The molecule has 2 aliphatic heterocycles. The highest BCUT2D eigenvalue weighted by Gasteiger charge is 2.39. The monoisotopic (exact) mass is 498 g/mol. The van der Waals surface area contributed by atoms with Crippen molar-refractivity contribution in [3.63, 3.8) is 0 Å². The molecular formula is C26H31FN4O5. The molecule has 2 aliphatic rings. The molecule has 0 radical (unpaired) electrons.